The molecule has 5 heteroatoms. The zero-order chi connectivity index (χ0) is 11.7. The normalized spacial score (nSPS) is 10.7. The molecule has 2 N–H and O–H groups in total. The summed E-state index contributed by atoms with van der Waals surface area (Å²) in [5.41, 5.74) is 9.31. The van der Waals surface area contributed by atoms with Crippen LogP contribution in [0.2, 0.25) is 0 Å². The van der Waals surface area contributed by atoms with Gasteiger partial charge in [0.2, 0.25) is 5.95 Å². The molecule has 84 valence electrons. The highest BCUT2D eigenvalue weighted by Gasteiger charge is 2.09. The number of aryl methyl sites for hydroxylation is 3. The molecule has 0 atom stereocenters. The van der Waals surface area contributed by atoms with Crippen molar-refractivity contribution >= 4 is 5.95 Å². The third-order valence-electron chi connectivity index (χ3n) is 2.42. The van der Waals surface area contributed by atoms with Crippen molar-refractivity contribution in [2.24, 2.45) is 0 Å². The molecule has 0 aliphatic rings. The van der Waals surface area contributed by atoms with E-state index in [9.17, 15) is 0 Å². The highest BCUT2D eigenvalue weighted by Crippen LogP contribution is 2.21. The Bertz CT molecular complexity index is 495. The average molecular weight is 217 g/mol. The zero-order valence-electron chi connectivity index (χ0n) is 9.73. The van der Waals surface area contributed by atoms with Crippen molar-refractivity contribution in [2.75, 3.05) is 5.73 Å². The quantitative estimate of drug-likeness (QED) is 0.828. The fraction of sp³-hybridized carbons (Fsp3) is 0.364. The summed E-state index contributed by atoms with van der Waals surface area (Å²) in [7, 11) is 0. The van der Waals surface area contributed by atoms with Gasteiger partial charge in [-0.3, -0.25) is 4.68 Å². The molecule has 2 heterocycles. The zero-order valence-corrected chi connectivity index (χ0v) is 9.73. The van der Waals surface area contributed by atoms with Crippen LogP contribution in [0.5, 0.6) is 0 Å². The molecule has 0 aliphatic heterocycles. The molecular weight excluding hydrogens is 202 g/mol. The largest absolute Gasteiger partial charge is 0.368 e. The van der Waals surface area contributed by atoms with Crippen LogP contribution in [0.25, 0.3) is 11.3 Å². The van der Waals surface area contributed by atoms with Crippen molar-refractivity contribution in [1.82, 2.24) is 19.7 Å². The smallest absolute Gasteiger partial charge is 0.220 e. The van der Waals surface area contributed by atoms with Crippen LogP contribution in [0.15, 0.2) is 12.3 Å². The van der Waals surface area contributed by atoms with E-state index in [0.717, 1.165) is 29.2 Å². The van der Waals surface area contributed by atoms with Crippen LogP contribution in [0.1, 0.15) is 18.3 Å². The van der Waals surface area contributed by atoms with Gasteiger partial charge < -0.3 is 5.73 Å². The number of rotatable bonds is 2. The van der Waals surface area contributed by atoms with Crippen LogP contribution < -0.4 is 5.73 Å². The molecule has 0 saturated carbocycles. The van der Waals surface area contributed by atoms with Crippen LogP contribution >= 0.6 is 0 Å². The molecule has 0 spiro atoms. The molecule has 0 amide bonds. The number of nitrogen functional groups attached to an aromatic ring is 1. The van der Waals surface area contributed by atoms with E-state index in [-0.39, 0.29) is 0 Å². The summed E-state index contributed by atoms with van der Waals surface area (Å²) in [5, 5.41) is 4.38. The first-order valence-electron chi connectivity index (χ1n) is 5.25. The second-order valence-corrected chi connectivity index (χ2v) is 3.74. The van der Waals surface area contributed by atoms with Gasteiger partial charge in [0.1, 0.15) is 0 Å². The first kappa shape index (κ1) is 10.6. The van der Waals surface area contributed by atoms with E-state index in [4.69, 9.17) is 5.73 Å². The van der Waals surface area contributed by atoms with Crippen molar-refractivity contribution in [1.29, 1.82) is 0 Å². The van der Waals surface area contributed by atoms with Crippen molar-refractivity contribution in [2.45, 2.75) is 27.3 Å². The lowest BCUT2D eigenvalue weighted by atomic mass is 10.2. The number of hydrogen-bond acceptors (Lipinski definition) is 4. The van der Waals surface area contributed by atoms with Crippen molar-refractivity contribution in [3.63, 3.8) is 0 Å². The van der Waals surface area contributed by atoms with Crippen molar-refractivity contribution in [3.8, 4) is 11.3 Å². The van der Waals surface area contributed by atoms with Crippen LogP contribution in [-0.2, 0) is 6.54 Å². The van der Waals surface area contributed by atoms with E-state index in [2.05, 4.69) is 22.0 Å². The summed E-state index contributed by atoms with van der Waals surface area (Å²) in [5.74, 6) is 0.304. The van der Waals surface area contributed by atoms with Crippen molar-refractivity contribution < 1.29 is 0 Å². The Morgan fingerprint density at radius 2 is 2.06 bits per heavy atom. The Morgan fingerprint density at radius 3 is 2.62 bits per heavy atom. The standard InChI is InChI=1S/C11H15N5/c1-4-16-6-9(8(3)15-16)10-5-7(2)13-11(12)14-10/h5-6H,4H2,1-3H3,(H2,12,13,14). The lowest BCUT2D eigenvalue weighted by Gasteiger charge is -2.01. The summed E-state index contributed by atoms with van der Waals surface area (Å²) < 4.78 is 1.89. The molecule has 0 aromatic carbocycles. The predicted molar refractivity (Wildman–Crippen MR) is 62.8 cm³/mol. The highest BCUT2D eigenvalue weighted by molar-refractivity contribution is 5.62. The van der Waals surface area contributed by atoms with Gasteiger partial charge in [0.15, 0.2) is 0 Å². The third-order valence-corrected chi connectivity index (χ3v) is 2.42. The van der Waals surface area contributed by atoms with Gasteiger partial charge in [-0.15, -0.1) is 0 Å². The minimum absolute atomic E-state index is 0.304. The van der Waals surface area contributed by atoms with Crippen LogP contribution in [0.4, 0.5) is 5.95 Å². The molecule has 0 saturated heterocycles. The van der Waals surface area contributed by atoms with Gasteiger partial charge in [-0.05, 0) is 26.8 Å². The van der Waals surface area contributed by atoms with Crippen molar-refractivity contribution in [3.05, 3.63) is 23.7 Å². The Kier molecular flexibility index (Phi) is 2.60. The maximum absolute atomic E-state index is 5.64. The summed E-state index contributed by atoms with van der Waals surface area (Å²) in [4.78, 5) is 8.28. The van der Waals surface area contributed by atoms with Gasteiger partial charge in [0.05, 0.1) is 11.4 Å². The molecule has 0 radical (unpaired) electrons. The molecule has 2 aromatic rings. The van der Waals surface area contributed by atoms with Crippen LogP contribution in [0.3, 0.4) is 0 Å². The number of anilines is 1. The topological polar surface area (TPSA) is 69.6 Å². The average Bonchev–Trinajstić information content (AvgIpc) is 2.58. The Morgan fingerprint density at radius 1 is 1.31 bits per heavy atom. The molecule has 16 heavy (non-hydrogen) atoms. The molecule has 5 nitrogen and oxygen atoms in total. The monoisotopic (exact) mass is 217 g/mol. The molecule has 2 aromatic heterocycles. The first-order valence-corrected chi connectivity index (χ1v) is 5.25. The predicted octanol–water partition coefficient (Wildman–Crippen LogP) is 1.56. The Balaban J connectivity index is 2.53. The maximum atomic E-state index is 5.64. The maximum Gasteiger partial charge on any atom is 0.220 e. The second-order valence-electron chi connectivity index (χ2n) is 3.74. The Labute approximate surface area is 94.3 Å². The number of hydrogen-bond donors (Lipinski definition) is 1. The molecular formula is C11H15N5. The van der Waals surface area contributed by atoms with E-state index < -0.39 is 0 Å². The van der Waals surface area contributed by atoms with E-state index in [1.165, 1.54) is 0 Å². The minimum atomic E-state index is 0.304. The molecule has 2 rings (SSSR count). The van der Waals surface area contributed by atoms with Gasteiger partial charge in [-0.2, -0.15) is 5.10 Å². The highest BCUT2D eigenvalue weighted by atomic mass is 15.3. The summed E-state index contributed by atoms with van der Waals surface area (Å²) in [6.45, 7) is 6.77. The number of nitrogens with two attached hydrogens (primary N) is 1. The SMILES string of the molecule is CCn1cc(-c2cc(C)nc(N)n2)c(C)n1. The van der Waals surface area contributed by atoms with E-state index in [0.29, 0.717) is 5.95 Å². The summed E-state index contributed by atoms with van der Waals surface area (Å²) in [6.07, 6.45) is 1.98. The van der Waals surface area contributed by atoms with Gasteiger partial charge in [-0.25, -0.2) is 9.97 Å². The van der Waals surface area contributed by atoms with Gasteiger partial charge in [0.25, 0.3) is 0 Å². The Hall–Kier alpha value is -1.91. The van der Waals surface area contributed by atoms with Crippen LogP contribution in [0, 0.1) is 13.8 Å². The number of nitrogens with zero attached hydrogens (tertiary/aromatic N) is 4. The lowest BCUT2D eigenvalue weighted by Crippen LogP contribution is -1.98. The molecule has 0 fully saturated rings. The lowest BCUT2D eigenvalue weighted by molar-refractivity contribution is 0.653. The molecule has 0 bridgehead atoms. The number of aromatic nitrogens is 4. The molecule has 0 unspecified atom stereocenters. The molecule has 0 aliphatic carbocycles. The van der Waals surface area contributed by atoms with E-state index in [1.54, 1.807) is 0 Å². The summed E-state index contributed by atoms with van der Waals surface area (Å²) in [6, 6.07) is 1.92. The fourth-order valence-electron chi connectivity index (χ4n) is 1.66. The minimum Gasteiger partial charge on any atom is -0.368 e. The van der Waals surface area contributed by atoms with Gasteiger partial charge in [0, 0.05) is 24.0 Å². The fourth-order valence-corrected chi connectivity index (χ4v) is 1.66. The third kappa shape index (κ3) is 1.88. The second kappa shape index (κ2) is 3.92. The first-order chi connectivity index (χ1) is 7.60. The van der Waals surface area contributed by atoms with Gasteiger partial charge in [-0.1, -0.05) is 0 Å². The van der Waals surface area contributed by atoms with Gasteiger partial charge >= 0.3 is 0 Å². The van der Waals surface area contributed by atoms with E-state index >= 15 is 0 Å². The van der Waals surface area contributed by atoms with E-state index in [1.807, 2.05) is 30.8 Å². The summed E-state index contributed by atoms with van der Waals surface area (Å²) >= 11 is 0. The van der Waals surface area contributed by atoms with Crippen LogP contribution in [-0.4, -0.2) is 19.7 Å².